The lowest BCUT2D eigenvalue weighted by Crippen LogP contribution is -1.70. The summed E-state index contributed by atoms with van der Waals surface area (Å²) in [6.07, 6.45) is 1.73. The lowest BCUT2D eigenvalue weighted by molar-refractivity contribution is 0.616. The Morgan fingerprint density at radius 2 is 2.07 bits per heavy atom. The molecule has 2 aromatic heterocycles. The van der Waals surface area contributed by atoms with Crippen molar-refractivity contribution in [1.29, 1.82) is 0 Å². The minimum absolute atomic E-state index is 0.949. The van der Waals surface area contributed by atoms with E-state index in [1.807, 2.05) is 12.1 Å². The third kappa shape index (κ3) is 1.16. The number of hydrogen-bond donors (Lipinski definition) is 0. The van der Waals surface area contributed by atoms with E-state index in [2.05, 4.69) is 29.6 Å². The summed E-state index contributed by atoms with van der Waals surface area (Å²) in [5, 5.41) is 3.26. The summed E-state index contributed by atoms with van der Waals surface area (Å²) in [5.41, 5.74) is 2.21. The van der Waals surface area contributed by atoms with E-state index < -0.39 is 0 Å². The molecule has 0 aliphatic heterocycles. The van der Waals surface area contributed by atoms with Crippen molar-refractivity contribution in [2.75, 3.05) is 0 Å². The molecule has 0 aliphatic carbocycles. The van der Waals surface area contributed by atoms with Crippen molar-refractivity contribution in [1.82, 2.24) is 0 Å². The van der Waals surface area contributed by atoms with Gasteiger partial charge in [0.25, 0.3) is 0 Å². The van der Waals surface area contributed by atoms with E-state index in [1.165, 1.54) is 10.4 Å². The smallest absolute Gasteiger partial charge is 0.133 e. The van der Waals surface area contributed by atoms with E-state index in [4.69, 9.17) is 4.42 Å². The maximum atomic E-state index is 5.29. The van der Waals surface area contributed by atoms with Gasteiger partial charge in [-0.2, -0.15) is 0 Å². The van der Waals surface area contributed by atoms with Gasteiger partial charge in [0.1, 0.15) is 5.58 Å². The minimum Gasteiger partial charge on any atom is -0.464 e. The summed E-state index contributed by atoms with van der Waals surface area (Å²) < 4.78 is 5.29. The molecule has 0 N–H and O–H groups in total. The van der Waals surface area contributed by atoms with Crippen molar-refractivity contribution in [2.24, 2.45) is 0 Å². The normalized spacial score (nSPS) is 10.9. The second-order valence-electron chi connectivity index (χ2n) is 3.15. The molecule has 3 aromatic rings. The zero-order chi connectivity index (χ0) is 9.38. The molecule has 1 aromatic carbocycles. The van der Waals surface area contributed by atoms with Crippen LogP contribution < -0.4 is 0 Å². The van der Waals surface area contributed by atoms with E-state index in [-0.39, 0.29) is 0 Å². The monoisotopic (exact) mass is 200 g/mol. The summed E-state index contributed by atoms with van der Waals surface area (Å²) in [6, 6.07) is 12.5. The summed E-state index contributed by atoms with van der Waals surface area (Å²) in [4.78, 5) is 1.30. The highest BCUT2D eigenvalue weighted by Crippen LogP contribution is 2.28. The molecule has 0 bridgehead atoms. The van der Waals surface area contributed by atoms with Crippen molar-refractivity contribution in [3.8, 4) is 10.4 Å². The quantitative estimate of drug-likeness (QED) is 0.574. The molecule has 0 saturated carbocycles. The van der Waals surface area contributed by atoms with Crippen LogP contribution in [0.3, 0.4) is 0 Å². The molecule has 0 unspecified atom stereocenters. The predicted octanol–water partition coefficient (Wildman–Crippen LogP) is 4.16. The predicted molar refractivity (Wildman–Crippen MR) is 59.5 cm³/mol. The highest BCUT2D eigenvalue weighted by molar-refractivity contribution is 7.13. The number of hydrogen-bond acceptors (Lipinski definition) is 2. The average molecular weight is 200 g/mol. The average Bonchev–Trinajstić information content (AvgIpc) is 2.88. The molecule has 2 heteroatoms. The number of fused-ring (bicyclic) bond motifs is 1. The number of rotatable bonds is 1. The second kappa shape index (κ2) is 3.00. The fraction of sp³-hybridized carbons (Fsp3) is 0. The molecule has 0 atom stereocenters. The molecule has 1 nitrogen and oxygen atoms in total. The lowest BCUT2D eigenvalue weighted by atomic mass is 10.1. The molecule has 3 rings (SSSR count). The molecular weight excluding hydrogens is 192 g/mol. The van der Waals surface area contributed by atoms with Crippen LogP contribution in [0.5, 0.6) is 0 Å². The number of thiophene rings is 1. The van der Waals surface area contributed by atoms with Crippen LogP contribution in [0.4, 0.5) is 0 Å². The fourth-order valence-corrected chi connectivity index (χ4v) is 2.29. The molecular formula is C12H8OS. The Labute approximate surface area is 85.6 Å². The van der Waals surface area contributed by atoms with E-state index >= 15 is 0 Å². The SMILES string of the molecule is c1csc(-c2ccc3occc3c2)c1. The fourth-order valence-electron chi connectivity index (χ4n) is 1.56. The Morgan fingerprint density at radius 3 is 2.93 bits per heavy atom. The number of furan rings is 1. The van der Waals surface area contributed by atoms with E-state index in [1.54, 1.807) is 17.6 Å². The van der Waals surface area contributed by atoms with Crippen LogP contribution in [0.15, 0.2) is 52.5 Å². The molecule has 68 valence electrons. The first-order chi connectivity index (χ1) is 6.93. The van der Waals surface area contributed by atoms with Crippen LogP contribution >= 0.6 is 11.3 Å². The zero-order valence-electron chi connectivity index (χ0n) is 7.44. The summed E-state index contributed by atoms with van der Waals surface area (Å²) >= 11 is 1.76. The highest BCUT2D eigenvalue weighted by Gasteiger charge is 2.01. The summed E-state index contributed by atoms with van der Waals surface area (Å²) in [5.74, 6) is 0. The Balaban J connectivity index is 2.23. The zero-order valence-corrected chi connectivity index (χ0v) is 8.25. The Bertz CT molecular complexity index is 548. The first-order valence-corrected chi connectivity index (χ1v) is 5.32. The van der Waals surface area contributed by atoms with Gasteiger partial charge in [-0.3, -0.25) is 0 Å². The van der Waals surface area contributed by atoms with E-state index in [9.17, 15) is 0 Å². The molecule has 0 spiro atoms. The van der Waals surface area contributed by atoms with Gasteiger partial charge in [-0.25, -0.2) is 0 Å². The second-order valence-corrected chi connectivity index (χ2v) is 4.10. The van der Waals surface area contributed by atoms with Gasteiger partial charge in [0.05, 0.1) is 6.26 Å². The maximum Gasteiger partial charge on any atom is 0.133 e. The molecule has 14 heavy (non-hydrogen) atoms. The molecule has 0 amide bonds. The van der Waals surface area contributed by atoms with Gasteiger partial charge in [0.15, 0.2) is 0 Å². The van der Waals surface area contributed by atoms with Gasteiger partial charge in [-0.15, -0.1) is 11.3 Å². The third-order valence-corrected chi connectivity index (χ3v) is 3.18. The van der Waals surface area contributed by atoms with Crippen LogP contribution in [0.25, 0.3) is 21.4 Å². The van der Waals surface area contributed by atoms with Crippen molar-refractivity contribution in [3.05, 3.63) is 48.0 Å². The first kappa shape index (κ1) is 7.83. The van der Waals surface area contributed by atoms with Crippen molar-refractivity contribution < 1.29 is 4.42 Å². The van der Waals surface area contributed by atoms with E-state index in [0.29, 0.717) is 0 Å². The largest absolute Gasteiger partial charge is 0.464 e. The summed E-state index contributed by atoms with van der Waals surface area (Å²) in [7, 11) is 0. The van der Waals surface area contributed by atoms with Gasteiger partial charge < -0.3 is 4.42 Å². The van der Waals surface area contributed by atoms with Crippen molar-refractivity contribution in [3.63, 3.8) is 0 Å². The summed E-state index contributed by atoms with van der Waals surface area (Å²) in [6.45, 7) is 0. The van der Waals surface area contributed by atoms with Crippen molar-refractivity contribution >= 4 is 22.3 Å². The highest BCUT2D eigenvalue weighted by atomic mass is 32.1. The topological polar surface area (TPSA) is 13.1 Å². The van der Waals surface area contributed by atoms with Crippen LogP contribution in [-0.2, 0) is 0 Å². The van der Waals surface area contributed by atoms with Gasteiger partial charge in [-0.1, -0.05) is 6.07 Å². The Hall–Kier alpha value is -1.54. The van der Waals surface area contributed by atoms with Gasteiger partial charge >= 0.3 is 0 Å². The minimum atomic E-state index is 0.949. The third-order valence-electron chi connectivity index (χ3n) is 2.26. The van der Waals surface area contributed by atoms with Gasteiger partial charge in [-0.05, 0) is 41.3 Å². The van der Waals surface area contributed by atoms with E-state index in [0.717, 1.165) is 11.0 Å². The maximum absolute atomic E-state index is 5.29. The molecule has 0 saturated heterocycles. The van der Waals surface area contributed by atoms with Crippen LogP contribution in [0.1, 0.15) is 0 Å². The van der Waals surface area contributed by atoms with Crippen molar-refractivity contribution in [2.45, 2.75) is 0 Å². The van der Waals surface area contributed by atoms with Crippen LogP contribution in [0, 0.1) is 0 Å². The first-order valence-electron chi connectivity index (χ1n) is 4.45. The standard InChI is InChI=1S/C12H8OS/c1-2-12(14-7-1)10-3-4-11-9(8-10)5-6-13-11/h1-8H. The van der Waals surface area contributed by atoms with Gasteiger partial charge in [0, 0.05) is 10.3 Å². The van der Waals surface area contributed by atoms with Crippen LogP contribution in [-0.4, -0.2) is 0 Å². The Morgan fingerprint density at radius 1 is 1.07 bits per heavy atom. The molecule has 2 heterocycles. The number of benzene rings is 1. The van der Waals surface area contributed by atoms with Crippen LogP contribution in [0.2, 0.25) is 0 Å². The lowest BCUT2D eigenvalue weighted by Gasteiger charge is -1.96. The van der Waals surface area contributed by atoms with Gasteiger partial charge in [0.2, 0.25) is 0 Å². The molecule has 0 fully saturated rings. The Kier molecular flexibility index (Phi) is 1.67. The molecule has 0 radical (unpaired) electrons. The molecule has 0 aliphatic rings.